The van der Waals surface area contributed by atoms with E-state index in [0.29, 0.717) is 53.1 Å². The van der Waals surface area contributed by atoms with E-state index in [1.54, 1.807) is 50.2 Å². The number of fused-ring (bicyclic) bond motifs is 1. The first-order valence-corrected chi connectivity index (χ1v) is 40.0. The van der Waals surface area contributed by atoms with Gasteiger partial charge in [0, 0.05) is 86.4 Å². The Balaban J connectivity index is 0.00000493. The lowest BCUT2D eigenvalue weighted by molar-refractivity contribution is -0.302. The Morgan fingerprint density at radius 2 is 1.02 bits per heavy atom. The average molecular weight is 1690 g/mol. The van der Waals surface area contributed by atoms with Crippen molar-refractivity contribution in [2.45, 2.75) is 198 Å². The van der Waals surface area contributed by atoms with Gasteiger partial charge in [-0.1, -0.05) is 124 Å². The highest BCUT2D eigenvalue weighted by Gasteiger charge is 2.41. The number of imide groups is 1. The fourth-order valence-electron chi connectivity index (χ4n) is 13.4. The predicted molar refractivity (Wildman–Crippen MR) is 445 cm³/mol. The molecule has 0 saturated carbocycles. The number of pyridine rings is 1. The van der Waals surface area contributed by atoms with Crippen molar-refractivity contribution in [2.24, 2.45) is 17.4 Å². The minimum Gasteiger partial charge on any atom is -0.550 e. The molecule has 36 nitrogen and oxygen atoms in total. The van der Waals surface area contributed by atoms with Crippen LogP contribution in [0.5, 0.6) is 0 Å². The standard InChI is InChI=1S/C82H103ClN18O16.C2H4O2/c1-45(2)35-60(72(107)92-59(16-9-10-33-87-46(3)4)80(115)101-34-12-17-68(101)79(114)88-47(5)70(84)105)93-74(109)63(38-51-23-30-58(31-24-51)91-81(85)116)95-76(111)64(39-50-21-28-57(29-22-50)90-71(106)66-42-69(104)100-82(117)99-66)97-78(113)67(44-102)98-77(112)65(41-53-13-11-32-86-43-53)96-75(110)62(37-49-19-26-56(83)27-20-49)94-73(108)61(89-48(6)103)40-52-18-25-54-14-7-8-15-55(54)36-52;1-2(3)4/h7-8,11,13-15,18-32,36,43,45-47,59-68,87,102H,9-10,12,16-17,33-35,37-42,44H2,1-6H3,(H2,84,105)(H,88,114)(H,89,103)(H,90,106)(H,92,107)(H,93,109)(H,94,108)(H,95,111)(H,96,110)(H,97,113)(H,98,112)(H3,85,91,116)(H2,99,100,104,117);1H3,(H,3,4)/p-1/t47-,59+,60+,61-,62-,63-,64+,65-,66+,67+,68+;/m1./s1. The van der Waals surface area contributed by atoms with Gasteiger partial charge in [0.1, 0.15) is 66.5 Å². The molecule has 37 heteroatoms. The second kappa shape index (κ2) is 47.0. The fraction of sp³-hybridized carbons (Fsp3) is 0.417. The highest BCUT2D eigenvalue weighted by Crippen LogP contribution is 2.24. The third-order valence-electron chi connectivity index (χ3n) is 19.4. The molecule has 0 bridgehead atoms. The van der Waals surface area contributed by atoms with Crippen LogP contribution >= 0.6 is 11.6 Å². The molecule has 6 aromatic rings. The summed E-state index contributed by atoms with van der Waals surface area (Å²) in [6, 6.07) is 17.3. The molecular weight excluding hydrogens is 1580 g/mol. The lowest BCUT2D eigenvalue weighted by atomic mass is 9.99. The zero-order valence-corrected chi connectivity index (χ0v) is 69.0. The molecule has 3 heterocycles. The molecular formula is C84H106ClN18O18-. The Kier molecular flexibility index (Phi) is 37.0. The molecule has 0 unspecified atom stereocenters. The number of anilines is 2. The number of carbonyl (C=O) groups excluding carboxylic acids is 16. The number of nitrogens with two attached hydrogens (primary N) is 2. The van der Waals surface area contributed by atoms with Crippen molar-refractivity contribution in [3.8, 4) is 0 Å². The number of carboxylic acids is 1. The minimum atomic E-state index is -1.92. The number of unbranched alkanes of at least 4 members (excludes halogenated alkanes) is 1. The van der Waals surface area contributed by atoms with Crippen LogP contribution in [0.1, 0.15) is 121 Å². The van der Waals surface area contributed by atoms with E-state index in [1.165, 1.54) is 79.7 Å². The van der Waals surface area contributed by atoms with E-state index in [2.05, 4.69) is 74.1 Å². The van der Waals surface area contributed by atoms with E-state index < -0.39 is 174 Å². The molecule has 8 rings (SSSR count). The van der Waals surface area contributed by atoms with E-state index in [-0.39, 0.29) is 86.8 Å². The van der Waals surface area contributed by atoms with Crippen LogP contribution in [0, 0.1) is 5.92 Å². The summed E-state index contributed by atoms with van der Waals surface area (Å²) in [5.41, 5.74) is 13.6. The van der Waals surface area contributed by atoms with Gasteiger partial charge in [0.05, 0.1) is 13.0 Å². The number of aliphatic hydroxyl groups excluding tert-OH is 1. The third-order valence-corrected chi connectivity index (χ3v) is 19.7. The van der Waals surface area contributed by atoms with E-state index in [0.717, 1.165) is 17.7 Å². The van der Waals surface area contributed by atoms with Crippen LogP contribution in [0.4, 0.5) is 21.0 Å². The van der Waals surface area contributed by atoms with Gasteiger partial charge < -0.3 is 100 Å². The third kappa shape index (κ3) is 31.7. The number of carboxylic acid groups (broad SMARTS) is 1. The molecule has 2 saturated heterocycles. The smallest absolute Gasteiger partial charge is 0.322 e. The summed E-state index contributed by atoms with van der Waals surface area (Å²) in [7, 11) is 0. The molecule has 1 aromatic heterocycles. The quantitative estimate of drug-likeness (QED) is 0.0229. The summed E-state index contributed by atoms with van der Waals surface area (Å²) in [6.45, 7) is 10.7. The molecule has 2 aliphatic rings. The SMILES string of the molecule is CC(=O)N[C@H](Cc1ccc2ccccc2c1)C(=O)N[C@H](Cc1ccc(Cl)cc1)C(=O)N[C@H](Cc1cccnc1)C(=O)N[C@@H](CO)C(=O)N[C@@H](Cc1ccc(NC(=O)[C@@H]2CC(=O)NC(=O)N2)cc1)C(=O)N[C@H](Cc1ccc(NC(N)=O)cc1)C(=O)N[C@@H](CC(C)C)C(=O)N[C@@H](CCCCNC(C)C)C(=O)N1CCC[C@H]1C(=O)N[C@H](C)C(N)=O.CC(=O)[O-]. The number of amides is 17. The molecule has 5 aromatic carbocycles. The molecule has 648 valence electrons. The molecule has 0 aliphatic carbocycles. The Labute approximate surface area is 704 Å². The van der Waals surface area contributed by atoms with Gasteiger partial charge in [0.2, 0.25) is 76.8 Å². The van der Waals surface area contributed by atoms with Crippen molar-refractivity contribution in [2.75, 3.05) is 30.3 Å². The second-order valence-corrected chi connectivity index (χ2v) is 30.7. The summed E-state index contributed by atoms with van der Waals surface area (Å²) in [5.74, 6) is -12.1. The summed E-state index contributed by atoms with van der Waals surface area (Å²) in [6.07, 6.45) is 3.04. The molecule has 17 amide bonds. The number of hydrogen-bond acceptors (Lipinski definition) is 20. The van der Waals surface area contributed by atoms with Crippen LogP contribution in [0.3, 0.4) is 0 Å². The van der Waals surface area contributed by atoms with E-state index in [9.17, 15) is 62.6 Å². The monoisotopic (exact) mass is 1690 g/mol. The van der Waals surface area contributed by atoms with Crippen LogP contribution in [-0.2, 0) is 99.2 Å². The van der Waals surface area contributed by atoms with Gasteiger partial charge in [-0.05, 0) is 146 Å². The van der Waals surface area contributed by atoms with Gasteiger partial charge in [0.25, 0.3) is 0 Å². The van der Waals surface area contributed by atoms with Crippen molar-refractivity contribution in [3.05, 3.63) is 173 Å². The molecule has 121 heavy (non-hydrogen) atoms. The normalized spacial score (nSPS) is 15.8. The molecule has 11 atom stereocenters. The Morgan fingerprint density at radius 3 is 1.51 bits per heavy atom. The number of primary amides is 2. The average Bonchev–Trinajstić information content (AvgIpc) is 1.46. The van der Waals surface area contributed by atoms with Crippen molar-refractivity contribution < 1.29 is 86.9 Å². The van der Waals surface area contributed by atoms with Gasteiger partial charge in [-0.25, -0.2) is 9.59 Å². The molecule has 0 spiro atoms. The van der Waals surface area contributed by atoms with Gasteiger partial charge in [-0.15, -0.1) is 0 Å². The number of nitrogens with one attached hydrogen (secondary N) is 14. The fourth-order valence-corrected chi connectivity index (χ4v) is 13.5. The number of benzene rings is 5. The first-order valence-electron chi connectivity index (χ1n) is 39.6. The summed E-state index contributed by atoms with van der Waals surface area (Å²) >= 11 is 6.27. The summed E-state index contributed by atoms with van der Waals surface area (Å²) in [5, 5.41) is 59.3. The summed E-state index contributed by atoms with van der Waals surface area (Å²) in [4.78, 5) is 222. The van der Waals surface area contributed by atoms with Crippen molar-refractivity contribution >= 4 is 129 Å². The van der Waals surface area contributed by atoms with Crippen molar-refractivity contribution in [1.82, 2.24) is 73.7 Å². The lowest BCUT2D eigenvalue weighted by Crippen LogP contribution is -2.62. The molecule has 19 N–H and O–H groups in total. The highest BCUT2D eigenvalue weighted by molar-refractivity contribution is 6.30. The Hall–Kier alpha value is -13.0. The first kappa shape index (κ1) is 95.2. The van der Waals surface area contributed by atoms with E-state index in [1.807, 2.05) is 61.6 Å². The maximum atomic E-state index is 15.5. The van der Waals surface area contributed by atoms with Crippen molar-refractivity contribution in [1.29, 1.82) is 0 Å². The number of urea groups is 2. The zero-order valence-electron chi connectivity index (χ0n) is 68.2. The minimum absolute atomic E-state index is 0.00410. The highest BCUT2D eigenvalue weighted by atomic mass is 35.5. The first-order chi connectivity index (χ1) is 57.5. The van der Waals surface area contributed by atoms with Crippen LogP contribution < -0.4 is 91.0 Å². The van der Waals surface area contributed by atoms with Gasteiger partial charge in [-0.2, -0.15) is 0 Å². The van der Waals surface area contributed by atoms with Crippen LogP contribution in [0.25, 0.3) is 10.8 Å². The van der Waals surface area contributed by atoms with Gasteiger partial charge in [0.15, 0.2) is 0 Å². The lowest BCUT2D eigenvalue weighted by Gasteiger charge is -2.31. The predicted octanol–water partition coefficient (Wildman–Crippen LogP) is 0.271. The number of aliphatic hydroxyl groups is 1. The maximum absolute atomic E-state index is 15.5. The number of aromatic nitrogens is 1. The number of aliphatic carboxylic acids is 1. The Bertz CT molecular complexity index is 4640. The molecule has 0 radical (unpaired) electrons. The van der Waals surface area contributed by atoms with Crippen LogP contribution in [0.2, 0.25) is 5.02 Å². The number of carbonyl (C=O) groups is 16. The largest absolute Gasteiger partial charge is 0.550 e. The maximum Gasteiger partial charge on any atom is 0.322 e. The number of hydrogen-bond donors (Lipinski definition) is 17. The number of rotatable bonds is 41. The number of likely N-dealkylation sites (tertiary alicyclic amines) is 1. The van der Waals surface area contributed by atoms with E-state index >= 15 is 14.4 Å². The van der Waals surface area contributed by atoms with Gasteiger partial charge in [-0.3, -0.25) is 72.6 Å². The number of halogens is 1. The van der Waals surface area contributed by atoms with Crippen LogP contribution in [0.15, 0.2) is 140 Å². The molecule has 2 aliphatic heterocycles. The number of nitrogens with zero attached hydrogens (tertiary/aromatic N) is 2. The Morgan fingerprint density at radius 1 is 0.545 bits per heavy atom. The summed E-state index contributed by atoms with van der Waals surface area (Å²) < 4.78 is 0. The van der Waals surface area contributed by atoms with E-state index in [4.69, 9.17) is 33.0 Å². The van der Waals surface area contributed by atoms with Crippen LogP contribution in [-0.4, -0.2) is 202 Å². The topological polar surface area (TPSA) is 553 Å². The zero-order chi connectivity index (χ0) is 88.6. The van der Waals surface area contributed by atoms with Crippen molar-refractivity contribution in [3.63, 3.8) is 0 Å². The van der Waals surface area contributed by atoms with Gasteiger partial charge >= 0.3 is 12.1 Å². The second-order valence-electron chi connectivity index (χ2n) is 30.3. The molecule has 2 fully saturated rings.